The van der Waals surface area contributed by atoms with Gasteiger partial charge < -0.3 is 36.9 Å². The number of aliphatic carboxylic acids is 2. The number of hydrogen-bond donors (Lipinski definition) is 7. The van der Waals surface area contributed by atoms with Crippen LogP contribution in [-0.2, 0) is 30.4 Å². The molecule has 1 aromatic carbocycles. The van der Waals surface area contributed by atoms with E-state index < -0.39 is 54.7 Å². The second-order valence-electron chi connectivity index (χ2n) is 6.66. The van der Waals surface area contributed by atoms with Crippen LogP contribution in [0.25, 0.3) is 10.9 Å². The molecular formula is C19H23N5O7. The van der Waals surface area contributed by atoms with Gasteiger partial charge in [0.05, 0.1) is 19.5 Å². The van der Waals surface area contributed by atoms with E-state index in [-0.39, 0.29) is 13.0 Å². The van der Waals surface area contributed by atoms with Gasteiger partial charge in [-0.1, -0.05) is 18.2 Å². The lowest BCUT2D eigenvalue weighted by atomic mass is 10.0. The molecule has 0 fully saturated rings. The van der Waals surface area contributed by atoms with E-state index in [2.05, 4.69) is 15.6 Å². The lowest BCUT2D eigenvalue weighted by Crippen LogP contribution is -2.52. The summed E-state index contributed by atoms with van der Waals surface area (Å²) in [5, 5.41) is 25.3. The highest BCUT2D eigenvalue weighted by atomic mass is 16.4. The van der Waals surface area contributed by atoms with Gasteiger partial charge in [0, 0.05) is 23.5 Å². The number of benzene rings is 1. The van der Waals surface area contributed by atoms with Crippen molar-refractivity contribution >= 4 is 40.6 Å². The Morgan fingerprint density at radius 1 is 1.00 bits per heavy atom. The first-order valence-electron chi connectivity index (χ1n) is 9.27. The van der Waals surface area contributed by atoms with E-state index in [1.165, 1.54) is 0 Å². The summed E-state index contributed by atoms with van der Waals surface area (Å²) in [6, 6.07) is 4.69. The van der Waals surface area contributed by atoms with Crippen molar-refractivity contribution in [2.45, 2.75) is 24.9 Å². The molecule has 0 saturated carbocycles. The number of hydrogen-bond acceptors (Lipinski definition) is 6. The fraction of sp³-hybridized carbons (Fsp3) is 0.316. The van der Waals surface area contributed by atoms with Gasteiger partial charge >= 0.3 is 11.9 Å². The van der Waals surface area contributed by atoms with Crippen LogP contribution in [0.2, 0.25) is 0 Å². The first-order valence-corrected chi connectivity index (χ1v) is 9.27. The molecule has 31 heavy (non-hydrogen) atoms. The lowest BCUT2D eigenvalue weighted by molar-refractivity contribution is -0.147. The largest absolute Gasteiger partial charge is 0.481 e. The normalized spacial score (nSPS) is 12.5. The van der Waals surface area contributed by atoms with Crippen molar-refractivity contribution in [1.29, 1.82) is 0 Å². The summed E-state index contributed by atoms with van der Waals surface area (Å²) in [7, 11) is 0. The van der Waals surface area contributed by atoms with E-state index in [9.17, 15) is 24.0 Å². The Bertz CT molecular complexity index is 987. The van der Waals surface area contributed by atoms with Crippen molar-refractivity contribution in [2.75, 3.05) is 13.1 Å². The number of para-hydroxylation sites is 1. The second kappa shape index (κ2) is 10.7. The SMILES string of the molecule is NCC(=O)NC(Cc1c[nH]c2ccccc12)C(=O)NCC(=O)NC(CC(=O)O)C(=O)O. The molecule has 3 amide bonds. The summed E-state index contributed by atoms with van der Waals surface area (Å²) >= 11 is 0. The van der Waals surface area contributed by atoms with Gasteiger partial charge in [0.15, 0.2) is 0 Å². The number of nitrogens with one attached hydrogen (secondary N) is 4. The van der Waals surface area contributed by atoms with Crippen molar-refractivity contribution in [1.82, 2.24) is 20.9 Å². The van der Waals surface area contributed by atoms with Crippen molar-refractivity contribution in [3.8, 4) is 0 Å². The summed E-state index contributed by atoms with van der Waals surface area (Å²) < 4.78 is 0. The molecule has 8 N–H and O–H groups in total. The maximum Gasteiger partial charge on any atom is 0.326 e. The monoisotopic (exact) mass is 433 g/mol. The van der Waals surface area contributed by atoms with Crippen LogP contribution in [0.5, 0.6) is 0 Å². The second-order valence-corrected chi connectivity index (χ2v) is 6.66. The molecule has 2 unspecified atom stereocenters. The smallest absolute Gasteiger partial charge is 0.326 e. The number of aromatic nitrogens is 1. The third-order valence-electron chi connectivity index (χ3n) is 4.37. The summed E-state index contributed by atoms with van der Waals surface area (Å²) in [5.74, 6) is -5.07. The third kappa shape index (κ3) is 6.82. The molecule has 2 atom stereocenters. The quantitative estimate of drug-likeness (QED) is 0.217. The molecule has 0 aliphatic rings. The van der Waals surface area contributed by atoms with Crippen LogP contribution < -0.4 is 21.7 Å². The molecule has 12 nitrogen and oxygen atoms in total. The maximum atomic E-state index is 12.6. The van der Waals surface area contributed by atoms with Crippen molar-refractivity contribution in [3.63, 3.8) is 0 Å². The van der Waals surface area contributed by atoms with Crippen molar-refractivity contribution < 1.29 is 34.2 Å². The fourth-order valence-corrected chi connectivity index (χ4v) is 2.89. The Hall–Kier alpha value is -3.93. The van der Waals surface area contributed by atoms with Gasteiger partial charge in [0.2, 0.25) is 17.7 Å². The first kappa shape index (κ1) is 23.3. The minimum absolute atomic E-state index is 0.111. The van der Waals surface area contributed by atoms with E-state index in [1.807, 2.05) is 29.6 Å². The van der Waals surface area contributed by atoms with E-state index in [1.54, 1.807) is 6.20 Å². The minimum atomic E-state index is -1.64. The number of carbonyl (C=O) groups excluding carboxylic acids is 3. The lowest BCUT2D eigenvalue weighted by Gasteiger charge is -2.18. The number of aromatic amines is 1. The standard InChI is InChI=1S/C19H23N5O7/c20-7-15(25)23-13(5-10-8-21-12-4-2-1-3-11(10)12)18(29)22-9-16(26)24-14(19(30)31)6-17(27)28/h1-4,8,13-14,21H,5-7,9,20H2,(H,22,29)(H,23,25)(H,24,26)(H,27,28)(H,30,31). The molecule has 2 rings (SSSR count). The molecule has 0 spiro atoms. The van der Waals surface area contributed by atoms with E-state index in [0.717, 1.165) is 16.5 Å². The topological polar surface area (TPSA) is 204 Å². The summed E-state index contributed by atoms with van der Waals surface area (Å²) in [4.78, 5) is 61.1. The summed E-state index contributed by atoms with van der Waals surface area (Å²) in [5.41, 5.74) is 6.91. The van der Waals surface area contributed by atoms with Gasteiger partial charge in [-0.05, 0) is 11.6 Å². The Morgan fingerprint density at radius 2 is 1.68 bits per heavy atom. The summed E-state index contributed by atoms with van der Waals surface area (Å²) in [6.07, 6.45) is 1.00. The highest BCUT2D eigenvalue weighted by Gasteiger charge is 2.25. The number of carboxylic acid groups (broad SMARTS) is 2. The number of amides is 3. The van der Waals surface area contributed by atoms with Crippen LogP contribution in [0.1, 0.15) is 12.0 Å². The maximum absolute atomic E-state index is 12.6. The molecule has 1 heterocycles. The average Bonchev–Trinajstić information content (AvgIpc) is 3.13. The average molecular weight is 433 g/mol. The highest BCUT2D eigenvalue weighted by molar-refractivity contribution is 5.93. The van der Waals surface area contributed by atoms with Crippen LogP contribution in [0, 0.1) is 0 Å². The number of fused-ring (bicyclic) bond motifs is 1. The highest BCUT2D eigenvalue weighted by Crippen LogP contribution is 2.19. The van der Waals surface area contributed by atoms with Crippen LogP contribution in [0.4, 0.5) is 0 Å². The zero-order chi connectivity index (χ0) is 23.0. The summed E-state index contributed by atoms with van der Waals surface area (Å²) in [6.45, 7) is -0.946. The van der Waals surface area contributed by atoms with E-state index in [4.69, 9.17) is 15.9 Å². The van der Waals surface area contributed by atoms with Crippen LogP contribution in [-0.4, -0.2) is 70.0 Å². The fourth-order valence-electron chi connectivity index (χ4n) is 2.89. The number of carboxylic acids is 2. The third-order valence-corrected chi connectivity index (χ3v) is 4.37. The van der Waals surface area contributed by atoms with Crippen LogP contribution in [0.15, 0.2) is 30.5 Å². The molecule has 0 aliphatic carbocycles. The Labute approximate surface area is 176 Å². The Balaban J connectivity index is 2.04. The molecule has 166 valence electrons. The number of carbonyl (C=O) groups is 5. The molecule has 12 heteroatoms. The van der Waals surface area contributed by atoms with Crippen molar-refractivity contribution in [3.05, 3.63) is 36.0 Å². The van der Waals surface area contributed by atoms with Crippen LogP contribution in [0.3, 0.4) is 0 Å². The zero-order valence-electron chi connectivity index (χ0n) is 16.4. The van der Waals surface area contributed by atoms with Gasteiger partial charge in [-0.15, -0.1) is 0 Å². The molecule has 0 radical (unpaired) electrons. The van der Waals surface area contributed by atoms with Crippen LogP contribution >= 0.6 is 0 Å². The molecule has 0 bridgehead atoms. The van der Waals surface area contributed by atoms with Gasteiger partial charge in [-0.2, -0.15) is 0 Å². The van der Waals surface area contributed by atoms with E-state index >= 15 is 0 Å². The number of rotatable bonds is 11. The molecule has 1 aromatic heterocycles. The zero-order valence-corrected chi connectivity index (χ0v) is 16.4. The van der Waals surface area contributed by atoms with Gasteiger partial charge in [-0.25, -0.2) is 4.79 Å². The number of nitrogens with two attached hydrogens (primary N) is 1. The Kier molecular flexibility index (Phi) is 8.09. The molecule has 0 saturated heterocycles. The molecule has 2 aromatic rings. The van der Waals surface area contributed by atoms with Gasteiger partial charge in [-0.3, -0.25) is 19.2 Å². The predicted octanol–water partition coefficient (Wildman–Crippen LogP) is -1.69. The molecule has 0 aliphatic heterocycles. The van der Waals surface area contributed by atoms with Crippen molar-refractivity contribution in [2.24, 2.45) is 5.73 Å². The van der Waals surface area contributed by atoms with E-state index in [0.29, 0.717) is 0 Å². The number of H-pyrrole nitrogens is 1. The predicted molar refractivity (Wildman–Crippen MR) is 108 cm³/mol. The molecular weight excluding hydrogens is 410 g/mol. The van der Waals surface area contributed by atoms with Gasteiger partial charge in [0.25, 0.3) is 0 Å². The Morgan fingerprint density at radius 3 is 2.32 bits per heavy atom. The first-order chi connectivity index (χ1) is 14.7. The minimum Gasteiger partial charge on any atom is -0.481 e. The van der Waals surface area contributed by atoms with Gasteiger partial charge in [0.1, 0.15) is 12.1 Å².